The number of nitrogens with one attached hydrogen (secondary N) is 2. The van der Waals surface area contributed by atoms with Crippen LogP contribution >= 0.6 is 22.7 Å². The fourth-order valence-corrected chi connectivity index (χ4v) is 4.60. The Kier molecular flexibility index (Phi) is 5.71. The van der Waals surface area contributed by atoms with Gasteiger partial charge in [0.2, 0.25) is 0 Å². The Morgan fingerprint density at radius 2 is 1.93 bits per heavy atom. The van der Waals surface area contributed by atoms with Crippen LogP contribution in [0.2, 0.25) is 0 Å². The number of hydrogen-bond acceptors (Lipinski definition) is 8. The molecule has 3 heterocycles. The molecule has 1 fully saturated rings. The first-order valence-corrected chi connectivity index (χ1v) is 11.2. The Hall–Kier alpha value is -2.95. The highest BCUT2D eigenvalue weighted by Crippen LogP contribution is 2.31. The zero-order valence-electron chi connectivity index (χ0n) is 16.0. The Morgan fingerprint density at radius 3 is 2.63 bits per heavy atom. The normalized spacial score (nSPS) is 15.6. The number of thiophene rings is 1. The third-order valence-corrected chi connectivity index (χ3v) is 6.52. The van der Waals surface area contributed by atoms with E-state index in [1.165, 1.54) is 11.3 Å². The summed E-state index contributed by atoms with van der Waals surface area (Å²) < 4.78 is 0. The van der Waals surface area contributed by atoms with Crippen molar-refractivity contribution in [1.82, 2.24) is 4.98 Å². The topological polar surface area (TPSA) is 121 Å². The molecule has 0 unspecified atom stereocenters. The number of nitrogens with two attached hydrogens (primary N) is 1. The van der Waals surface area contributed by atoms with Gasteiger partial charge in [0.25, 0.3) is 5.91 Å². The predicted molar refractivity (Wildman–Crippen MR) is 120 cm³/mol. The molecular weight excluding hydrogens is 422 g/mol. The standard InChI is InChI=1S/C20H21N5O3S2/c21-20(18(27)28)6-8-25(9-7-20)16-4-2-1-3-14(16)23-17(26)15-12-30-19(24-15)22-13-5-10-29-11-13/h1-5,10-12H,6-9,21H2,(H,22,24)(H,23,26)(H,27,28). The van der Waals surface area contributed by atoms with Crippen molar-refractivity contribution in [2.45, 2.75) is 18.4 Å². The molecule has 1 aliphatic rings. The Morgan fingerprint density at radius 1 is 1.17 bits per heavy atom. The van der Waals surface area contributed by atoms with Crippen molar-refractivity contribution in [3.05, 3.63) is 52.2 Å². The van der Waals surface area contributed by atoms with Crippen LogP contribution in [0.15, 0.2) is 46.5 Å². The van der Waals surface area contributed by atoms with Crippen molar-refractivity contribution in [3.8, 4) is 0 Å². The summed E-state index contributed by atoms with van der Waals surface area (Å²) in [7, 11) is 0. The van der Waals surface area contributed by atoms with Gasteiger partial charge in [-0.15, -0.1) is 11.3 Å². The molecular formula is C20H21N5O3S2. The Balaban J connectivity index is 1.45. The van der Waals surface area contributed by atoms with Gasteiger partial charge in [-0.05, 0) is 36.4 Å². The van der Waals surface area contributed by atoms with Crippen molar-refractivity contribution >= 4 is 56.7 Å². The number of amides is 1. The van der Waals surface area contributed by atoms with Gasteiger partial charge >= 0.3 is 5.97 Å². The van der Waals surface area contributed by atoms with Gasteiger partial charge in [0.05, 0.1) is 17.1 Å². The predicted octanol–water partition coefficient (Wildman–Crippen LogP) is 3.58. The van der Waals surface area contributed by atoms with Crippen LogP contribution in [-0.4, -0.2) is 40.6 Å². The van der Waals surface area contributed by atoms with Gasteiger partial charge in [-0.2, -0.15) is 11.3 Å². The third kappa shape index (κ3) is 4.30. The number of piperidine rings is 1. The van der Waals surface area contributed by atoms with Crippen LogP contribution in [0.4, 0.5) is 22.2 Å². The minimum atomic E-state index is -1.19. The second-order valence-electron chi connectivity index (χ2n) is 7.09. The largest absolute Gasteiger partial charge is 0.480 e. The average Bonchev–Trinajstić information content (AvgIpc) is 3.42. The van der Waals surface area contributed by atoms with E-state index in [-0.39, 0.29) is 5.91 Å². The van der Waals surface area contributed by atoms with Crippen molar-refractivity contribution in [2.75, 3.05) is 28.6 Å². The van der Waals surface area contributed by atoms with E-state index in [4.69, 9.17) is 5.73 Å². The van der Waals surface area contributed by atoms with Crippen molar-refractivity contribution < 1.29 is 14.7 Å². The molecule has 5 N–H and O–H groups in total. The lowest BCUT2D eigenvalue weighted by molar-refractivity contribution is -0.144. The van der Waals surface area contributed by atoms with Gasteiger partial charge in [-0.3, -0.25) is 9.59 Å². The zero-order valence-corrected chi connectivity index (χ0v) is 17.6. The molecule has 0 bridgehead atoms. The quantitative estimate of drug-likeness (QED) is 0.459. The molecule has 1 amide bonds. The molecule has 2 aromatic heterocycles. The number of aromatic nitrogens is 1. The molecule has 0 radical (unpaired) electrons. The summed E-state index contributed by atoms with van der Waals surface area (Å²) in [4.78, 5) is 30.5. The van der Waals surface area contributed by atoms with E-state index in [9.17, 15) is 14.7 Å². The van der Waals surface area contributed by atoms with Crippen LogP contribution in [0.25, 0.3) is 0 Å². The molecule has 156 valence electrons. The van der Waals surface area contributed by atoms with Gasteiger partial charge in [0, 0.05) is 23.8 Å². The number of benzene rings is 1. The highest BCUT2D eigenvalue weighted by Gasteiger charge is 2.38. The number of carbonyl (C=O) groups is 2. The van der Waals surface area contributed by atoms with Gasteiger partial charge in [0.15, 0.2) is 5.13 Å². The summed E-state index contributed by atoms with van der Waals surface area (Å²) in [6, 6.07) is 9.41. The van der Waals surface area contributed by atoms with E-state index in [0.29, 0.717) is 42.4 Å². The summed E-state index contributed by atoms with van der Waals surface area (Å²) in [6.45, 7) is 1.00. The summed E-state index contributed by atoms with van der Waals surface area (Å²) in [6.07, 6.45) is 0.683. The minimum absolute atomic E-state index is 0.298. The lowest BCUT2D eigenvalue weighted by Gasteiger charge is -2.38. The summed E-state index contributed by atoms with van der Waals surface area (Å²) in [5.74, 6) is -1.27. The number of para-hydroxylation sites is 2. The zero-order chi connectivity index (χ0) is 21.1. The van der Waals surface area contributed by atoms with Gasteiger partial charge in [-0.25, -0.2) is 4.98 Å². The van der Waals surface area contributed by atoms with E-state index in [0.717, 1.165) is 11.4 Å². The highest BCUT2D eigenvalue weighted by atomic mass is 32.1. The van der Waals surface area contributed by atoms with Gasteiger partial charge in [-0.1, -0.05) is 12.1 Å². The maximum atomic E-state index is 12.7. The second kappa shape index (κ2) is 8.42. The number of carboxylic acid groups (broad SMARTS) is 1. The van der Waals surface area contributed by atoms with Gasteiger partial charge < -0.3 is 26.4 Å². The van der Waals surface area contributed by atoms with Crippen LogP contribution in [0.5, 0.6) is 0 Å². The monoisotopic (exact) mass is 443 g/mol. The Labute approximate surface area is 181 Å². The molecule has 0 atom stereocenters. The van der Waals surface area contributed by atoms with E-state index in [1.807, 2.05) is 46.0 Å². The maximum absolute atomic E-state index is 12.7. The molecule has 10 heteroatoms. The van der Waals surface area contributed by atoms with E-state index in [2.05, 4.69) is 15.6 Å². The third-order valence-electron chi connectivity index (χ3n) is 5.08. The van der Waals surface area contributed by atoms with Crippen LogP contribution in [0, 0.1) is 0 Å². The fourth-order valence-electron chi connectivity index (χ4n) is 3.30. The second-order valence-corrected chi connectivity index (χ2v) is 8.73. The lowest BCUT2D eigenvalue weighted by atomic mass is 9.88. The number of aliphatic carboxylic acids is 1. The molecule has 0 aliphatic carbocycles. The first-order valence-electron chi connectivity index (χ1n) is 9.37. The molecule has 1 aliphatic heterocycles. The SMILES string of the molecule is NC1(C(=O)O)CCN(c2ccccc2NC(=O)c2csc(Nc3ccsc3)n2)CC1. The maximum Gasteiger partial charge on any atom is 0.323 e. The van der Waals surface area contributed by atoms with Crippen molar-refractivity contribution in [3.63, 3.8) is 0 Å². The van der Waals surface area contributed by atoms with E-state index < -0.39 is 11.5 Å². The smallest absolute Gasteiger partial charge is 0.323 e. The number of rotatable bonds is 6. The average molecular weight is 444 g/mol. The molecule has 3 aromatic rings. The molecule has 30 heavy (non-hydrogen) atoms. The van der Waals surface area contributed by atoms with Gasteiger partial charge in [0.1, 0.15) is 11.2 Å². The first-order chi connectivity index (χ1) is 14.4. The van der Waals surface area contributed by atoms with Crippen LogP contribution in [0.3, 0.4) is 0 Å². The molecule has 8 nitrogen and oxygen atoms in total. The number of thiazole rings is 1. The minimum Gasteiger partial charge on any atom is -0.480 e. The lowest BCUT2D eigenvalue weighted by Crippen LogP contribution is -2.55. The molecule has 1 aromatic carbocycles. The highest BCUT2D eigenvalue weighted by molar-refractivity contribution is 7.14. The number of carboxylic acids is 1. The summed E-state index contributed by atoms with van der Waals surface area (Å²) in [5.41, 5.74) is 7.55. The van der Waals surface area contributed by atoms with E-state index in [1.54, 1.807) is 16.7 Å². The molecule has 0 saturated carbocycles. The van der Waals surface area contributed by atoms with Crippen LogP contribution in [0.1, 0.15) is 23.3 Å². The molecule has 1 saturated heterocycles. The number of hydrogen-bond donors (Lipinski definition) is 4. The number of nitrogens with zero attached hydrogens (tertiary/aromatic N) is 2. The van der Waals surface area contributed by atoms with Crippen molar-refractivity contribution in [2.24, 2.45) is 5.73 Å². The Bertz CT molecular complexity index is 1040. The van der Waals surface area contributed by atoms with Crippen LogP contribution < -0.4 is 21.3 Å². The molecule has 4 rings (SSSR count). The number of carbonyl (C=O) groups excluding carboxylic acids is 1. The summed E-state index contributed by atoms with van der Waals surface area (Å²) >= 11 is 2.94. The summed E-state index contributed by atoms with van der Waals surface area (Å²) in [5, 5.41) is 21.7. The first kappa shape index (κ1) is 20.3. The number of anilines is 4. The molecule has 0 spiro atoms. The van der Waals surface area contributed by atoms with E-state index >= 15 is 0 Å². The fraction of sp³-hybridized carbons (Fsp3) is 0.250. The van der Waals surface area contributed by atoms with Crippen molar-refractivity contribution in [1.29, 1.82) is 0 Å². The van der Waals surface area contributed by atoms with Crippen LogP contribution in [-0.2, 0) is 4.79 Å².